The minimum atomic E-state index is -1.30. The van der Waals surface area contributed by atoms with Gasteiger partial charge < -0.3 is 68.4 Å². The number of nitrogens with two attached hydrogens (primary N) is 2. The smallest absolute Gasteiger partial charge is 0.326 e. The minimum Gasteiger partial charge on any atom is -0.508 e. The van der Waals surface area contributed by atoms with Gasteiger partial charge in [0.25, 0.3) is 0 Å². The van der Waals surface area contributed by atoms with Crippen molar-refractivity contribution >= 4 is 53.3 Å². The largest absolute Gasteiger partial charge is 0.508 e. The highest BCUT2D eigenvalue weighted by molar-refractivity contribution is 5.98. The number of aromatic hydroxyl groups is 1. The number of carboxylic acid groups (broad SMARTS) is 1. The molecule has 1 saturated heterocycles. The molecule has 2 aromatic carbocycles. The van der Waals surface area contributed by atoms with E-state index in [4.69, 9.17) is 11.5 Å². The molecule has 0 spiro atoms. The number of nitrogens with one attached hydrogen (secondary N) is 7. The maximum Gasteiger partial charge on any atom is 0.326 e. The van der Waals surface area contributed by atoms with Gasteiger partial charge in [-0.1, -0.05) is 76.6 Å². The topological polar surface area (TPSA) is 349 Å². The number of carboxylic acids is 1. The van der Waals surface area contributed by atoms with Crippen molar-refractivity contribution in [1.82, 2.24) is 51.7 Å². The van der Waals surface area contributed by atoms with Crippen LogP contribution < -0.4 is 43.4 Å². The van der Waals surface area contributed by atoms with E-state index in [0.717, 1.165) is 0 Å². The van der Waals surface area contributed by atoms with Gasteiger partial charge in [-0.15, -0.1) is 0 Å². The van der Waals surface area contributed by atoms with E-state index >= 15 is 0 Å². The van der Waals surface area contributed by atoms with Crippen LogP contribution >= 0.6 is 0 Å². The number of H-pyrrole nitrogens is 1. The number of imidazole rings is 1. The Bertz CT molecular complexity index is 2330. The van der Waals surface area contributed by atoms with Crippen molar-refractivity contribution in [3.63, 3.8) is 0 Å². The summed E-state index contributed by atoms with van der Waals surface area (Å²) in [5.41, 5.74) is 12.6. The molecule has 23 nitrogen and oxygen atoms in total. The molecule has 8 atom stereocenters. The molecule has 0 radical (unpaired) electrons. The summed E-state index contributed by atoms with van der Waals surface area (Å²) in [5.74, 6) is -7.02. The highest BCUT2D eigenvalue weighted by Gasteiger charge is 2.43. The highest BCUT2D eigenvalue weighted by atomic mass is 16.4. The van der Waals surface area contributed by atoms with Gasteiger partial charge in [-0.25, -0.2) is 9.78 Å². The first-order valence-electron chi connectivity index (χ1n) is 24.0. The summed E-state index contributed by atoms with van der Waals surface area (Å²) in [4.78, 5) is 124. The standard InChI is InChI=1S/C49H71N13O10/c1-7-29(4)41(45(68)57-35(24-32-25-53-27-55-32)46(69)62-21-19-37(62)43(66)58-36(48(71)72)22-30-12-9-8-10-13-30)60-44(67)38(23-31-15-17-33(63)18-16-31)61(6)47(70)40(28(2)3)59-42(65)34(56-39(64)26-52-5)14-11-20-54-49(50)51/h8-10,12-13,15-18,25,27-29,34-38,40-41,52,63H,7,11,14,19-24,26H2,1-6H3,(H,53,55)(H,56,64)(H,57,68)(H,58,66)(H,59,65)(H,60,67)(H,71,72)(H4,50,51,54)/t29-,34-,35-,36-,37?,38-,40-,41-/m0/s1. The number of aliphatic imine (C=N–C) groups is 1. The molecule has 1 aliphatic heterocycles. The van der Waals surface area contributed by atoms with Crippen molar-refractivity contribution in [3.8, 4) is 5.75 Å². The van der Waals surface area contributed by atoms with Crippen molar-refractivity contribution in [2.75, 3.05) is 33.7 Å². The molecule has 392 valence electrons. The van der Waals surface area contributed by atoms with Crippen LogP contribution in [0.15, 0.2) is 72.1 Å². The number of likely N-dealkylation sites (tertiary alicyclic amines) is 1. The van der Waals surface area contributed by atoms with Gasteiger partial charge in [0.05, 0.1) is 12.9 Å². The first-order valence-corrected chi connectivity index (χ1v) is 24.0. The minimum absolute atomic E-state index is 0.0147. The Balaban J connectivity index is 1.59. The number of aliphatic carboxylic acids is 1. The summed E-state index contributed by atoms with van der Waals surface area (Å²) in [6, 6.07) is 6.38. The number of carbonyl (C=O) groups is 8. The van der Waals surface area contributed by atoms with Gasteiger partial charge >= 0.3 is 5.97 Å². The number of aromatic amines is 1. The molecule has 2 heterocycles. The van der Waals surface area contributed by atoms with E-state index in [1.165, 1.54) is 41.5 Å². The third-order valence-electron chi connectivity index (χ3n) is 12.5. The Morgan fingerprint density at radius 2 is 1.50 bits per heavy atom. The molecule has 0 bridgehead atoms. The fourth-order valence-corrected chi connectivity index (χ4v) is 8.05. The van der Waals surface area contributed by atoms with Crippen LogP contribution in [-0.4, -0.2) is 159 Å². The summed E-state index contributed by atoms with van der Waals surface area (Å²) >= 11 is 0. The van der Waals surface area contributed by atoms with E-state index in [2.05, 4.69) is 46.9 Å². The molecule has 72 heavy (non-hydrogen) atoms. The van der Waals surface area contributed by atoms with E-state index in [9.17, 15) is 48.6 Å². The Kier molecular flexibility index (Phi) is 22.0. The number of nitrogens with zero attached hydrogens (tertiary/aromatic N) is 4. The Labute approximate surface area is 419 Å². The molecule has 1 unspecified atom stereocenters. The van der Waals surface area contributed by atoms with E-state index in [1.807, 2.05) is 6.92 Å². The summed E-state index contributed by atoms with van der Waals surface area (Å²) in [7, 11) is 2.97. The van der Waals surface area contributed by atoms with Gasteiger partial charge in [0.1, 0.15) is 48.0 Å². The second kappa shape index (κ2) is 27.7. The van der Waals surface area contributed by atoms with Crippen LogP contribution in [0, 0.1) is 11.8 Å². The van der Waals surface area contributed by atoms with Crippen molar-refractivity contribution in [1.29, 1.82) is 0 Å². The molecule has 0 aliphatic carbocycles. The van der Waals surface area contributed by atoms with E-state index < -0.39 is 101 Å². The predicted molar refractivity (Wildman–Crippen MR) is 266 cm³/mol. The number of hydrogen-bond donors (Lipinski definition) is 11. The van der Waals surface area contributed by atoms with E-state index in [1.54, 1.807) is 70.3 Å². The Morgan fingerprint density at radius 3 is 2.07 bits per heavy atom. The predicted octanol–water partition coefficient (Wildman–Crippen LogP) is -0.945. The molecule has 23 heteroatoms. The molecular formula is C49H71N13O10. The van der Waals surface area contributed by atoms with Crippen molar-refractivity contribution in [2.45, 2.75) is 115 Å². The van der Waals surface area contributed by atoms with Gasteiger partial charge in [-0.05, 0) is 61.4 Å². The van der Waals surface area contributed by atoms with Crippen molar-refractivity contribution < 1.29 is 48.6 Å². The van der Waals surface area contributed by atoms with E-state index in [-0.39, 0.29) is 63.4 Å². The van der Waals surface area contributed by atoms with Gasteiger partial charge in [-0.2, -0.15) is 0 Å². The molecule has 1 aromatic heterocycles. The monoisotopic (exact) mass is 1000 g/mol. The summed E-state index contributed by atoms with van der Waals surface area (Å²) < 4.78 is 0. The molecular weight excluding hydrogens is 931 g/mol. The summed E-state index contributed by atoms with van der Waals surface area (Å²) in [6.45, 7) is 7.20. The lowest BCUT2D eigenvalue weighted by molar-refractivity contribution is -0.151. The fourth-order valence-electron chi connectivity index (χ4n) is 8.05. The van der Waals surface area contributed by atoms with E-state index in [0.29, 0.717) is 29.7 Å². The number of benzene rings is 2. The first-order chi connectivity index (χ1) is 34.2. The Morgan fingerprint density at radius 1 is 0.833 bits per heavy atom. The third kappa shape index (κ3) is 16.8. The zero-order valence-corrected chi connectivity index (χ0v) is 41.7. The van der Waals surface area contributed by atoms with Crippen LogP contribution in [0.1, 0.15) is 70.2 Å². The molecule has 7 amide bonds. The van der Waals surface area contributed by atoms with Crippen LogP contribution in [-0.2, 0) is 57.6 Å². The molecule has 0 saturated carbocycles. The summed E-state index contributed by atoms with van der Waals surface area (Å²) in [5, 5.41) is 36.4. The SMILES string of the molecule is CC[C@H](C)[C@H](NC(=O)[C@H](Cc1ccc(O)cc1)N(C)C(=O)[C@@H](NC(=O)[C@H](CCCN=C(N)N)NC(=O)CNC)C(C)C)C(=O)N[C@@H](Cc1cnc[nH]1)C(=O)N1CCC1C(=O)N[C@@H](Cc1ccccc1)C(=O)O. The lowest BCUT2D eigenvalue weighted by Gasteiger charge is -2.42. The quantitative estimate of drug-likeness (QED) is 0.0238. The van der Waals surface area contributed by atoms with Crippen molar-refractivity contribution in [3.05, 3.63) is 83.9 Å². The number of carbonyl (C=O) groups excluding carboxylic acids is 7. The average molecular weight is 1000 g/mol. The normalized spacial score (nSPS) is 16.0. The highest BCUT2D eigenvalue weighted by Crippen LogP contribution is 2.22. The molecule has 1 fully saturated rings. The number of phenols is 1. The average Bonchev–Trinajstić information content (AvgIpc) is 3.85. The van der Waals surface area contributed by atoms with Crippen LogP contribution in [0.2, 0.25) is 0 Å². The second-order valence-corrected chi connectivity index (χ2v) is 18.3. The zero-order chi connectivity index (χ0) is 53.1. The van der Waals surface area contributed by atoms with Gasteiger partial charge in [0.15, 0.2) is 5.96 Å². The molecule has 1 aliphatic rings. The van der Waals surface area contributed by atoms with Crippen LogP contribution in [0.3, 0.4) is 0 Å². The lowest BCUT2D eigenvalue weighted by Crippen LogP contribution is -2.65. The number of likely N-dealkylation sites (N-methyl/N-ethyl adjacent to an activating group) is 2. The lowest BCUT2D eigenvalue weighted by atomic mass is 9.95. The van der Waals surface area contributed by atoms with Crippen LogP contribution in [0.5, 0.6) is 5.75 Å². The maximum absolute atomic E-state index is 14.7. The van der Waals surface area contributed by atoms with Gasteiger partial charge in [-0.3, -0.25) is 38.6 Å². The maximum atomic E-state index is 14.7. The summed E-state index contributed by atoms with van der Waals surface area (Å²) in [6.07, 6.45) is 3.79. The number of guanidine groups is 1. The fraction of sp³-hybridized carbons (Fsp3) is 0.510. The van der Waals surface area contributed by atoms with Gasteiger partial charge in [0, 0.05) is 51.3 Å². The number of rotatable bonds is 28. The zero-order valence-electron chi connectivity index (χ0n) is 41.7. The third-order valence-corrected chi connectivity index (χ3v) is 12.5. The van der Waals surface area contributed by atoms with Crippen molar-refractivity contribution in [2.24, 2.45) is 28.3 Å². The molecule has 13 N–H and O–H groups in total. The number of phenolic OH excluding ortho intramolecular Hbond substituents is 1. The van der Waals surface area contributed by atoms with Gasteiger partial charge in [0.2, 0.25) is 41.4 Å². The Hall–Kier alpha value is -7.56. The molecule has 3 aromatic rings. The van der Waals surface area contributed by atoms with Crippen LogP contribution in [0.25, 0.3) is 0 Å². The van der Waals surface area contributed by atoms with Crippen LogP contribution in [0.4, 0.5) is 0 Å². The second-order valence-electron chi connectivity index (χ2n) is 18.3. The molecule has 4 rings (SSSR count). The number of aromatic nitrogens is 2. The number of amides is 7. The number of hydrogen-bond acceptors (Lipinski definition) is 12. The first kappa shape index (κ1) is 57.0.